The Morgan fingerprint density at radius 3 is 2.41 bits per heavy atom. The lowest BCUT2D eigenvalue weighted by molar-refractivity contribution is -0.275. The number of alkyl halides is 5. The van der Waals surface area contributed by atoms with Gasteiger partial charge in [-0.25, -0.2) is 4.98 Å². The molecule has 5 N–H and O–H groups in total. The minimum Gasteiger partial charge on any atom is -0.384 e. The van der Waals surface area contributed by atoms with E-state index in [1.807, 2.05) is 36.7 Å². The number of nitrogens with zero attached hydrogens (tertiary/aromatic N) is 2. The summed E-state index contributed by atoms with van der Waals surface area (Å²) < 4.78 is 61.0. The number of anilines is 2. The Morgan fingerprint density at radius 1 is 1.24 bits per heavy atom. The second-order valence-corrected chi connectivity index (χ2v) is 8.65. The molecular formula is C22H25F5N6S. The van der Waals surface area contributed by atoms with Gasteiger partial charge in [-0.05, 0) is 48.8 Å². The van der Waals surface area contributed by atoms with Crippen molar-refractivity contribution in [1.29, 1.82) is 16.1 Å². The van der Waals surface area contributed by atoms with Crippen molar-refractivity contribution in [2.45, 2.75) is 32.9 Å². The number of pyridine rings is 1. The van der Waals surface area contributed by atoms with Gasteiger partial charge in [-0.2, -0.15) is 27.2 Å². The number of allylic oxidation sites excluding steroid dienone is 5. The molecule has 0 bridgehead atoms. The number of nitrogens with two attached hydrogens (primary N) is 1. The predicted molar refractivity (Wildman–Crippen MR) is 127 cm³/mol. The molecule has 1 aromatic rings. The third-order valence-electron chi connectivity index (χ3n) is 4.46. The van der Waals surface area contributed by atoms with Gasteiger partial charge in [-0.1, -0.05) is 13.0 Å². The van der Waals surface area contributed by atoms with Gasteiger partial charge in [0.2, 0.25) is 0 Å². The number of hydrogen-bond acceptors (Lipinski definition) is 7. The van der Waals surface area contributed by atoms with Crippen molar-refractivity contribution in [1.82, 2.24) is 4.98 Å². The van der Waals surface area contributed by atoms with Crippen LogP contribution in [-0.4, -0.2) is 41.3 Å². The van der Waals surface area contributed by atoms with Gasteiger partial charge in [-0.15, -0.1) is 11.8 Å². The quantitative estimate of drug-likeness (QED) is 0.272. The van der Waals surface area contributed by atoms with Crippen LogP contribution in [0.3, 0.4) is 0 Å². The zero-order valence-corrected chi connectivity index (χ0v) is 19.5. The van der Waals surface area contributed by atoms with Crippen LogP contribution in [0.1, 0.15) is 26.3 Å². The van der Waals surface area contributed by atoms with E-state index in [-0.39, 0.29) is 17.1 Å². The fourth-order valence-corrected chi connectivity index (χ4v) is 2.89. The molecule has 12 heteroatoms. The molecule has 0 amide bonds. The molecule has 0 aliphatic heterocycles. The van der Waals surface area contributed by atoms with E-state index < -0.39 is 24.1 Å². The summed E-state index contributed by atoms with van der Waals surface area (Å²) in [4.78, 5) is 3.54. The lowest BCUT2D eigenvalue weighted by atomic mass is 9.82. The SMILES string of the molecule is CCS/C=C1\C=C(C(C)(C)C#N)C=CC1=N.N=Cc1cc(N)ncc1NCC(F)(F)C(F)(F)F. The largest absolute Gasteiger partial charge is 0.455 e. The Hall–Kier alpha value is -3.20. The minimum atomic E-state index is -5.63. The number of halogens is 5. The summed E-state index contributed by atoms with van der Waals surface area (Å²) in [5.41, 5.74) is 7.11. The van der Waals surface area contributed by atoms with Crippen LogP contribution in [0.5, 0.6) is 0 Å². The zero-order chi connectivity index (χ0) is 26.2. The topological polar surface area (TPSA) is 122 Å². The highest BCUT2D eigenvalue weighted by Crippen LogP contribution is 2.35. The number of rotatable bonds is 7. The molecule has 0 saturated heterocycles. The first-order valence-corrected chi connectivity index (χ1v) is 10.9. The van der Waals surface area contributed by atoms with Crippen molar-refractivity contribution in [2.24, 2.45) is 5.41 Å². The Kier molecular flexibility index (Phi) is 9.99. The van der Waals surface area contributed by atoms with Gasteiger partial charge in [0, 0.05) is 17.4 Å². The van der Waals surface area contributed by atoms with E-state index in [9.17, 15) is 22.0 Å². The lowest BCUT2D eigenvalue weighted by Crippen LogP contribution is -2.42. The maximum atomic E-state index is 12.6. The molecular weight excluding hydrogens is 475 g/mol. The van der Waals surface area contributed by atoms with Crippen molar-refractivity contribution in [3.63, 3.8) is 0 Å². The Labute approximate surface area is 198 Å². The van der Waals surface area contributed by atoms with E-state index in [4.69, 9.17) is 21.8 Å². The van der Waals surface area contributed by atoms with Crippen LogP contribution in [0.15, 0.2) is 47.0 Å². The third kappa shape index (κ3) is 7.98. The summed E-state index contributed by atoms with van der Waals surface area (Å²) in [5.74, 6) is -3.85. The maximum Gasteiger partial charge on any atom is 0.455 e. The van der Waals surface area contributed by atoms with E-state index in [0.29, 0.717) is 5.71 Å². The first kappa shape index (κ1) is 28.8. The normalized spacial score (nSPS) is 15.2. The van der Waals surface area contributed by atoms with E-state index >= 15 is 0 Å². The summed E-state index contributed by atoms with van der Waals surface area (Å²) in [6, 6.07) is 3.46. The van der Waals surface area contributed by atoms with Crippen molar-refractivity contribution in [2.75, 3.05) is 23.3 Å². The van der Waals surface area contributed by atoms with Gasteiger partial charge in [0.15, 0.2) is 0 Å². The fourth-order valence-electron chi connectivity index (χ4n) is 2.35. The van der Waals surface area contributed by atoms with Gasteiger partial charge in [-0.3, -0.25) is 0 Å². The van der Waals surface area contributed by atoms with Crippen LogP contribution in [0.4, 0.5) is 33.5 Å². The summed E-state index contributed by atoms with van der Waals surface area (Å²) in [6.45, 7) is 4.22. The number of nitrogens with one attached hydrogen (secondary N) is 3. The number of nitriles is 1. The van der Waals surface area contributed by atoms with E-state index in [0.717, 1.165) is 29.3 Å². The summed E-state index contributed by atoms with van der Waals surface area (Å²) in [6.07, 6.45) is 1.69. The monoisotopic (exact) mass is 500 g/mol. The van der Waals surface area contributed by atoms with Crippen molar-refractivity contribution >= 4 is 35.2 Å². The van der Waals surface area contributed by atoms with Crippen LogP contribution in [0.25, 0.3) is 0 Å². The van der Waals surface area contributed by atoms with Gasteiger partial charge >= 0.3 is 12.1 Å². The van der Waals surface area contributed by atoms with E-state index in [2.05, 4.69) is 18.0 Å². The van der Waals surface area contributed by atoms with Gasteiger partial charge in [0.05, 0.1) is 35.6 Å². The average molecular weight is 501 g/mol. The fraction of sp³-hybridized carbons (Fsp3) is 0.364. The first-order chi connectivity index (χ1) is 15.7. The van der Waals surface area contributed by atoms with E-state index in [1.165, 1.54) is 6.07 Å². The van der Waals surface area contributed by atoms with Crippen LogP contribution in [0.2, 0.25) is 0 Å². The molecule has 6 nitrogen and oxygen atoms in total. The van der Waals surface area contributed by atoms with Crippen LogP contribution < -0.4 is 11.1 Å². The molecule has 184 valence electrons. The minimum absolute atomic E-state index is 0.0293. The summed E-state index contributed by atoms with van der Waals surface area (Å²) in [5, 5.41) is 27.7. The van der Waals surface area contributed by atoms with Gasteiger partial charge < -0.3 is 21.9 Å². The molecule has 0 atom stereocenters. The molecule has 1 heterocycles. The number of thioether (sulfide) groups is 1. The molecule has 0 spiro atoms. The molecule has 0 fully saturated rings. The molecule has 0 unspecified atom stereocenters. The maximum absolute atomic E-state index is 12.6. The summed E-state index contributed by atoms with van der Waals surface area (Å²) in [7, 11) is 0. The number of nitrogen functional groups attached to an aromatic ring is 1. The van der Waals surface area contributed by atoms with Gasteiger partial charge in [0.25, 0.3) is 0 Å². The number of aromatic nitrogens is 1. The molecule has 0 saturated carbocycles. The van der Waals surface area contributed by atoms with Crippen molar-refractivity contribution in [3.8, 4) is 6.07 Å². The van der Waals surface area contributed by atoms with Crippen LogP contribution in [-0.2, 0) is 0 Å². The molecule has 2 rings (SSSR count). The molecule has 34 heavy (non-hydrogen) atoms. The standard InChI is InChI=1S/C13H16N2S.C9H9F5N4/c1-4-16-8-10-7-11(5-6-12(10)15)13(2,3)9-14;10-8(11,9(12,13)14)4-18-6-3-17-7(16)1-5(6)2-15/h5-8,15H,4H2,1-3H3;1-3,15,18H,4H2,(H2,16,17)/b10-8+,15-12?;. The first-order valence-electron chi connectivity index (χ1n) is 9.85. The smallest absolute Gasteiger partial charge is 0.384 e. The molecule has 1 aliphatic carbocycles. The lowest BCUT2D eigenvalue weighted by Gasteiger charge is -2.20. The zero-order valence-electron chi connectivity index (χ0n) is 18.7. The highest BCUT2D eigenvalue weighted by Gasteiger charge is 2.57. The number of hydrogen-bond donors (Lipinski definition) is 4. The molecule has 1 aromatic heterocycles. The second kappa shape index (κ2) is 11.8. The third-order valence-corrected chi connectivity index (χ3v) is 5.21. The highest BCUT2D eigenvalue weighted by atomic mass is 32.2. The van der Waals surface area contributed by atoms with Crippen molar-refractivity contribution in [3.05, 3.63) is 52.6 Å². The molecule has 0 radical (unpaired) electrons. The highest BCUT2D eigenvalue weighted by molar-refractivity contribution is 8.02. The Balaban J connectivity index is 0.000000342. The predicted octanol–water partition coefficient (Wildman–Crippen LogP) is 5.96. The summed E-state index contributed by atoms with van der Waals surface area (Å²) >= 11 is 1.67. The van der Waals surface area contributed by atoms with Gasteiger partial charge in [0.1, 0.15) is 5.82 Å². The van der Waals surface area contributed by atoms with E-state index in [1.54, 1.807) is 17.8 Å². The Bertz CT molecular complexity index is 1040. The Morgan fingerprint density at radius 2 is 1.88 bits per heavy atom. The second-order valence-electron chi connectivity index (χ2n) is 7.51. The van der Waals surface area contributed by atoms with Crippen LogP contribution in [0, 0.1) is 27.6 Å². The average Bonchev–Trinajstić information content (AvgIpc) is 2.77. The molecule has 0 aromatic carbocycles. The van der Waals surface area contributed by atoms with Crippen molar-refractivity contribution < 1.29 is 22.0 Å². The molecule has 1 aliphatic rings. The van der Waals surface area contributed by atoms with Crippen LogP contribution >= 0.6 is 11.8 Å².